The minimum atomic E-state index is -0.0407. The minimum absolute atomic E-state index is 0.0389. The summed E-state index contributed by atoms with van der Waals surface area (Å²) in [6, 6.07) is 18.9. The van der Waals surface area contributed by atoms with Crippen molar-refractivity contribution in [3.63, 3.8) is 0 Å². The van der Waals surface area contributed by atoms with E-state index in [1.54, 1.807) is 10.6 Å². The van der Waals surface area contributed by atoms with Crippen LogP contribution in [0.2, 0.25) is 5.02 Å². The lowest BCUT2D eigenvalue weighted by Crippen LogP contribution is -2.25. The number of rotatable bonds is 6. The van der Waals surface area contributed by atoms with Crippen LogP contribution in [0.1, 0.15) is 18.4 Å². The SMILES string of the molecule is O=C(CCCn1c(=O)c2cccn2c2ccccc21)NCc1cccc(Cl)c1. The summed E-state index contributed by atoms with van der Waals surface area (Å²) < 4.78 is 3.67. The number of fused-ring (bicyclic) bond motifs is 3. The molecule has 0 aliphatic heterocycles. The molecule has 2 heterocycles. The highest BCUT2D eigenvalue weighted by atomic mass is 35.5. The summed E-state index contributed by atoms with van der Waals surface area (Å²) in [6.45, 7) is 0.935. The summed E-state index contributed by atoms with van der Waals surface area (Å²) in [7, 11) is 0. The third kappa shape index (κ3) is 3.66. The van der Waals surface area contributed by atoms with Gasteiger partial charge in [0.05, 0.1) is 11.0 Å². The molecule has 4 aromatic rings. The highest BCUT2D eigenvalue weighted by Crippen LogP contribution is 2.15. The Hall–Kier alpha value is -3.05. The Kier molecular flexibility index (Phi) is 5.17. The van der Waals surface area contributed by atoms with Crippen molar-refractivity contribution in [3.05, 3.63) is 87.8 Å². The third-order valence-corrected chi connectivity index (χ3v) is 5.04. The first-order chi connectivity index (χ1) is 13.6. The van der Waals surface area contributed by atoms with Crippen LogP contribution in [0, 0.1) is 0 Å². The monoisotopic (exact) mass is 393 g/mol. The van der Waals surface area contributed by atoms with Gasteiger partial charge in [0.15, 0.2) is 0 Å². The molecule has 5 nitrogen and oxygen atoms in total. The van der Waals surface area contributed by atoms with E-state index in [1.165, 1.54) is 0 Å². The topological polar surface area (TPSA) is 55.5 Å². The predicted molar refractivity (Wildman–Crippen MR) is 112 cm³/mol. The first-order valence-corrected chi connectivity index (χ1v) is 9.61. The molecule has 0 fully saturated rings. The molecule has 142 valence electrons. The Bertz CT molecular complexity index is 1210. The molecule has 0 radical (unpaired) electrons. The van der Waals surface area contributed by atoms with E-state index in [-0.39, 0.29) is 11.5 Å². The van der Waals surface area contributed by atoms with Crippen LogP contribution < -0.4 is 10.9 Å². The molecule has 4 rings (SSSR count). The number of para-hydroxylation sites is 2. The summed E-state index contributed by atoms with van der Waals surface area (Å²) in [5.41, 5.74) is 3.41. The van der Waals surface area contributed by atoms with Gasteiger partial charge in [0.25, 0.3) is 5.56 Å². The first kappa shape index (κ1) is 18.3. The van der Waals surface area contributed by atoms with E-state index in [1.807, 2.05) is 65.2 Å². The molecular formula is C22H20ClN3O2. The van der Waals surface area contributed by atoms with Gasteiger partial charge in [-0.25, -0.2) is 0 Å². The smallest absolute Gasteiger partial charge is 0.275 e. The fraction of sp³-hybridized carbons (Fsp3) is 0.182. The van der Waals surface area contributed by atoms with Gasteiger partial charge in [0.1, 0.15) is 5.52 Å². The molecule has 0 unspecified atom stereocenters. The zero-order valence-electron chi connectivity index (χ0n) is 15.3. The summed E-state index contributed by atoms with van der Waals surface area (Å²) in [6.07, 6.45) is 2.84. The van der Waals surface area contributed by atoms with Gasteiger partial charge in [0, 0.05) is 30.7 Å². The first-order valence-electron chi connectivity index (χ1n) is 9.23. The molecule has 6 heteroatoms. The van der Waals surface area contributed by atoms with E-state index in [9.17, 15) is 9.59 Å². The maximum atomic E-state index is 12.9. The zero-order valence-corrected chi connectivity index (χ0v) is 16.0. The van der Waals surface area contributed by atoms with Crippen molar-refractivity contribution in [1.82, 2.24) is 14.3 Å². The molecule has 0 saturated heterocycles. The number of hydrogen-bond acceptors (Lipinski definition) is 2. The molecule has 0 aliphatic rings. The second-order valence-electron chi connectivity index (χ2n) is 6.72. The van der Waals surface area contributed by atoms with Crippen molar-refractivity contribution in [1.29, 1.82) is 0 Å². The lowest BCUT2D eigenvalue weighted by atomic mass is 10.2. The van der Waals surface area contributed by atoms with Crippen molar-refractivity contribution < 1.29 is 4.79 Å². The maximum Gasteiger partial charge on any atom is 0.275 e. The molecule has 1 N–H and O–H groups in total. The van der Waals surface area contributed by atoms with E-state index >= 15 is 0 Å². The predicted octanol–water partition coefficient (Wildman–Crippen LogP) is 4.00. The van der Waals surface area contributed by atoms with Crippen molar-refractivity contribution >= 4 is 34.1 Å². The second kappa shape index (κ2) is 7.90. The number of amides is 1. The fourth-order valence-corrected chi connectivity index (χ4v) is 3.68. The normalized spacial score (nSPS) is 11.2. The van der Waals surface area contributed by atoms with Gasteiger partial charge in [-0.15, -0.1) is 0 Å². The van der Waals surface area contributed by atoms with E-state index in [0.29, 0.717) is 36.5 Å². The van der Waals surface area contributed by atoms with Gasteiger partial charge in [0.2, 0.25) is 5.91 Å². The van der Waals surface area contributed by atoms with Crippen LogP contribution in [0.5, 0.6) is 0 Å². The Morgan fingerprint density at radius 2 is 1.75 bits per heavy atom. The van der Waals surface area contributed by atoms with Crippen molar-refractivity contribution in [3.8, 4) is 0 Å². The van der Waals surface area contributed by atoms with Crippen LogP contribution in [0.3, 0.4) is 0 Å². The average molecular weight is 394 g/mol. The highest BCUT2D eigenvalue weighted by Gasteiger charge is 2.10. The number of aromatic nitrogens is 2. The molecule has 2 aromatic carbocycles. The van der Waals surface area contributed by atoms with Crippen LogP contribution in [-0.2, 0) is 17.9 Å². The van der Waals surface area contributed by atoms with Crippen molar-refractivity contribution in [2.24, 2.45) is 0 Å². The fourth-order valence-electron chi connectivity index (χ4n) is 3.46. The maximum absolute atomic E-state index is 12.9. The zero-order chi connectivity index (χ0) is 19.5. The van der Waals surface area contributed by atoms with Crippen molar-refractivity contribution in [2.75, 3.05) is 0 Å². The van der Waals surface area contributed by atoms with Crippen LogP contribution >= 0.6 is 11.6 Å². The molecule has 0 saturated carbocycles. The molecule has 28 heavy (non-hydrogen) atoms. The number of hydrogen-bond donors (Lipinski definition) is 1. The average Bonchev–Trinajstić information content (AvgIpc) is 3.19. The van der Waals surface area contributed by atoms with Gasteiger partial charge in [-0.2, -0.15) is 0 Å². The number of aryl methyl sites for hydroxylation is 1. The molecule has 2 aromatic heterocycles. The molecule has 0 aliphatic carbocycles. The Morgan fingerprint density at radius 1 is 0.964 bits per heavy atom. The van der Waals surface area contributed by atoms with E-state index in [0.717, 1.165) is 16.6 Å². The molecule has 1 amide bonds. The van der Waals surface area contributed by atoms with Crippen LogP contribution in [-0.4, -0.2) is 14.9 Å². The third-order valence-electron chi connectivity index (χ3n) is 4.81. The largest absolute Gasteiger partial charge is 0.352 e. The van der Waals surface area contributed by atoms with Crippen LogP contribution in [0.15, 0.2) is 71.7 Å². The lowest BCUT2D eigenvalue weighted by Gasteiger charge is -2.12. The quantitative estimate of drug-likeness (QED) is 0.538. The molecule has 0 spiro atoms. The van der Waals surface area contributed by atoms with Gasteiger partial charge < -0.3 is 14.3 Å². The molecule has 0 bridgehead atoms. The summed E-state index contributed by atoms with van der Waals surface area (Å²) in [4.78, 5) is 25.0. The van der Waals surface area contributed by atoms with Gasteiger partial charge in [-0.3, -0.25) is 9.59 Å². The Labute approximate surface area is 167 Å². The summed E-state index contributed by atoms with van der Waals surface area (Å²) >= 11 is 5.96. The van der Waals surface area contributed by atoms with Crippen LogP contribution in [0.25, 0.3) is 16.6 Å². The summed E-state index contributed by atoms with van der Waals surface area (Å²) in [5.74, 6) is -0.0407. The van der Waals surface area contributed by atoms with E-state index in [4.69, 9.17) is 11.6 Å². The standard InChI is InChI=1S/C22H20ClN3O2/c23-17-7-3-6-16(14-17)15-24-21(27)11-5-13-26-19-9-2-1-8-18(19)25-12-4-10-20(25)22(26)28/h1-4,6-10,12,14H,5,11,13,15H2,(H,24,27). The Balaban J connectivity index is 1.44. The number of benzene rings is 2. The number of carbonyl (C=O) groups is 1. The molecule has 0 atom stereocenters. The van der Waals surface area contributed by atoms with Crippen LogP contribution in [0.4, 0.5) is 0 Å². The number of carbonyl (C=O) groups excluding carboxylic acids is 1. The van der Waals surface area contributed by atoms with E-state index in [2.05, 4.69) is 5.32 Å². The van der Waals surface area contributed by atoms with E-state index < -0.39 is 0 Å². The molecular weight excluding hydrogens is 374 g/mol. The van der Waals surface area contributed by atoms with Crippen molar-refractivity contribution in [2.45, 2.75) is 25.9 Å². The van der Waals surface area contributed by atoms with Gasteiger partial charge in [-0.1, -0.05) is 35.9 Å². The lowest BCUT2D eigenvalue weighted by molar-refractivity contribution is -0.121. The Morgan fingerprint density at radius 3 is 2.57 bits per heavy atom. The highest BCUT2D eigenvalue weighted by molar-refractivity contribution is 6.30. The van der Waals surface area contributed by atoms with Gasteiger partial charge in [-0.05, 0) is 48.4 Å². The minimum Gasteiger partial charge on any atom is -0.352 e. The number of nitrogens with zero attached hydrogens (tertiary/aromatic N) is 2. The second-order valence-corrected chi connectivity index (χ2v) is 7.16. The number of halogens is 1. The number of nitrogens with one attached hydrogen (secondary N) is 1. The van der Waals surface area contributed by atoms with Gasteiger partial charge >= 0.3 is 0 Å². The summed E-state index contributed by atoms with van der Waals surface area (Å²) in [5, 5.41) is 3.55.